The van der Waals surface area contributed by atoms with Gasteiger partial charge in [-0.05, 0) is 53.6 Å². The lowest BCUT2D eigenvalue weighted by Gasteiger charge is -2.24. The van der Waals surface area contributed by atoms with Crippen LogP contribution in [0.15, 0.2) is 70.1 Å². The number of carbonyl (C=O) groups is 1. The third kappa shape index (κ3) is 6.91. The highest BCUT2D eigenvalue weighted by Crippen LogP contribution is 2.35. The van der Waals surface area contributed by atoms with Crippen LogP contribution in [0, 0.1) is 0 Å². The molecule has 4 aromatic rings. The topological polar surface area (TPSA) is 72.6 Å². The smallest absolute Gasteiger partial charge is 0.307 e. The van der Waals surface area contributed by atoms with E-state index in [1.807, 2.05) is 18.2 Å². The molecule has 0 atom stereocenters. The Hall–Kier alpha value is -2.96. The molecule has 4 rings (SSSR count). The second kappa shape index (κ2) is 12.7. The van der Waals surface area contributed by atoms with Crippen LogP contribution in [-0.2, 0) is 29.5 Å². The summed E-state index contributed by atoms with van der Waals surface area (Å²) in [5.41, 5.74) is 4.79. The number of rotatable bonds is 13. The first-order chi connectivity index (χ1) is 18.3. The summed E-state index contributed by atoms with van der Waals surface area (Å²) in [5.74, 6) is 0.826. The number of halogens is 1. The van der Waals surface area contributed by atoms with Crippen LogP contribution in [0.4, 0.5) is 0 Å². The monoisotopic (exact) mass is 551 g/mol. The van der Waals surface area contributed by atoms with E-state index >= 15 is 0 Å². The zero-order chi connectivity index (χ0) is 27.1. The van der Waals surface area contributed by atoms with Gasteiger partial charge >= 0.3 is 5.97 Å². The Kier molecular flexibility index (Phi) is 9.40. The lowest BCUT2D eigenvalue weighted by atomic mass is 9.80. The van der Waals surface area contributed by atoms with E-state index in [4.69, 9.17) is 26.0 Å². The van der Waals surface area contributed by atoms with Crippen LogP contribution in [0.1, 0.15) is 56.0 Å². The third-order valence-electron chi connectivity index (χ3n) is 6.60. The molecule has 1 aromatic heterocycles. The first-order valence-electron chi connectivity index (χ1n) is 13.0. The van der Waals surface area contributed by atoms with E-state index in [1.54, 1.807) is 17.8 Å². The Morgan fingerprint density at radius 2 is 1.92 bits per heavy atom. The van der Waals surface area contributed by atoms with E-state index in [-0.39, 0.29) is 11.8 Å². The molecular weight excluding hydrogens is 518 g/mol. The fraction of sp³-hybridized carbons (Fsp3) is 0.355. The maximum atomic E-state index is 10.9. The Morgan fingerprint density at radius 3 is 2.63 bits per heavy atom. The van der Waals surface area contributed by atoms with Gasteiger partial charge in [-0.1, -0.05) is 80.3 Å². The first kappa shape index (κ1) is 28.1. The summed E-state index contributed by atoms with van der Waals surface area (Å²) >= 11 is 7.99. The van der Waals surface area contributed by atoms with Gasteiger partial charge in [-0.3, -0.25) is 4.79 Å². The number of aliphatic carboxylic acids is 1. The summed E-state index contributed by atoms with van der Waals surface area (Å²) in [4.78, 5) is 11.8. The molecule has 1 heterocycles. The van der Waals surface area contributed by atoms with Crippen LogP contribution in [0.3, 0.4) is 0 Å². The molecule has 200 valence electrons. The minimum atomic E-state index is -0.864. The van der Waals surface area contributed by atoms with Gasteiger partial charge in [-0.25, -0.2) is 0 Å². The van der Waals surface area contributed by atoms with Crippen molar-refractivity contribution in [3.63, 3.8) is 0 Å². The second-order valence-corrected chi connectivity index (χ2v) is 11.7. The van der Waals surface area contributed by atoms with Gasteiger partial charge in [-0.2, -0.15) is 0 Å². The summed E-state index contributed by atoms with van der Waals surface area (Å²) in [5, 5.41) is 15.1. The highest BCUT2D eigenvalue weighted by Gasteiger charge is 2.25. The van der Waals surface area contributed by atoms with Crippen molar-refractivity contribution in [2.75, 3.05) is 12.4 Å². The quantitative estimate of drug-likeness (QED) is 0.133. The van der Waals surface area contributed by atoms with Crippen LogP contribution < -0.4 is 4.74 Å². The number of nitrogens with zero attached hydrogens (tertiary/aromatic N) is 1. The van der Waals surface area contributed by atoms with E-state index in [9.17, 15) is 4.79 Å². The number of aromatic nitrogens is 1. The summed E-state index contributed by atoms with van der Waals surface area (Å²) in [6, 6.07) is 20.1. The Balaban J connectivity index is 1.39. The number of thioether (sulfide) groups is 1. The van der Waals surface area contributed by atoms with Crippen molar-refractivity contribution in [3.8, 4) is 5.75 Å². The molecule has 38 heavy (non-hydrogen) atoms. The number of aryl methyl sites for hydroxylation is 1. The van der Waals surface area contributed by atoms with Crippen LogP contribution >= 0.6 is 23.4 Å². The normalized spacial score (nSPS) is 11.7. The van der Waals surface area contributed by atoms with Crippen molar-refractivity contribution in [1.29, 1.82) is 0 Å². The van der Waals surface area contributed by atoms with Crippen LogP contribution in [0.5, 0.6) is 5.75 Å². The van der Waals surface area contributed by atoms with Crippen molar-refractivity contribution >= 4 is 40.3 Å². The molecule has 0 saturated heterocycles. The van der Waals surface area contributed by atoms with Gasteiger partial charge < -0.3 is 14.4 Å². The summed E-state index contributed by atoms with van der Waals surface area (Å²) in [7, 11) is 0. The van der Waals surface area contributed by atoms with Crippen molar-refractivity contribution in [2.45, 2.75) is 63.2 Å². The van der Waals surface area contributed by atoms with Gasteiger partial charge in [0.25, 0.3) is 0 Å². The van der Waals surface area contributed by atoms with E-state index in [2.05, 4.69) is 62.3 Å². The maximum Gasteiger partial charge on any atom is 0.307 e. The standard InChI is InChI=1S/C31H34ClNO4S/c1-4-9-24-27(36-16-8-17-38-28-15-12-21(18-25(28)32)19-29(34)35)14-13-23-26(33-37-30(23)24)20-31(2,3)22-10-6-5-7-11-22/h5-7,10-15,18H,4,8-9,16-17,19-20H2,1-3H3,(H,34,35). The van der Waals surface area contributed by atoms with Crippen LogP contribution in [0.2, 0.25) is 5.02 Å². The molecule has 0 aliphatic carbocycles. The molecule has 0 aliphatic rings. The molecule has 5 nitrogen and oxygen atoms in total. The lowest BCUT2D eigenvalue weighted by Crippen LogP contribution is -2.20. The van der Waals surface area contributed by atoms with E-state index < -0.39 is 5.97 Å². The lowest BCUT2D eigenvalue weighted by molar-refractivity contribution is -0.136. The van der Waals surface area contributed by atoms with Crippen molar-refractivity contribution in [2.24, 2.45) is 0 Å². The summed E-state index contributed by atoms with van der Waals surface area (Å²) < 4.78 is 12.1. The number of carboxylic acid groups (broad SMARTS) is 1. The van der Waals surface area contributed by atoms with Gasteiger partial charge in [0.05, 0.1) is 23.7 Å². The zero-order valence-corrected chi connectivity index (χ0v) is 23.7. The molecule has 0 spiro atoms. The summed E-state index contributed by atoms with van der Waals surface area (Å²) in [6.45, 7) is 7.21. The molecule has 3 aromatic carbocycles. The Labute approximate surface area is 233 Å². The molecule has 0 fully saturated rings. The van der Waals surface area contributed by atoms with E-state index in [0.29, 0.717) is 17.2 Å². The highest BCUT2D eigenvalue weighted by atomic mass is 35.5. The maximum absolute atomic E-state index is 10.9. The SMILES string of the molecule is CCCc1c(OCCCSc2ccc(CC(=O)O)cc2Cl)ccc2c(CC(C)(C)c3ccccc3)noc12. The van der Waals surface area contributed by atoms with Crippen LogP contribution in [0.25, 0.3) is 11.0 Å². The molecule has 7 heteroatoms. The molecule has 0 radical (unpaired) electrons. The Bertz CT molecular complexity index is 1380. The number of fused-ring (bicyclic) bond motifs is 1. The molecule has 0 saturated carbocycles. The molecule has 1 N–H and O–H groups in total. The second-order valence-electron chi connectivity index (χ2n) is 10.1. The Morgan fingerprint density at radius 1 is 1.13 bits per heavy atom. The van der Waals surface area contributed by atoms with Crippen LogP contribution in [-0.4, -0.2) is 28.6 Å². The molecule has 0 unspecified atom stereocenters. The minimum Gasteiger partial charge on any atom is -0.493 e. The average Bonchev–Trinajstić information content (AvgIpc) is 3.28. The summed E-state index contributed by atoms with van der Waals surface area (Å²) in [6.07, 6.45) is 3.44. The van der Waals surface area contributed by atoms with Crippen molar-refractivity contribution < 1.29 is 19.2 Å². The number of ether oxygens (including phenoxy) is 1. The van der Waals surface area contributed by atoms with Crippen molar-refractivity contribution in [3.05, 3.63) is 88.1 Å². The minimum absolute atomic E-state index is 0.0274. The highest BCUT2D eigenvalue weighted by molar-refractivity contribution is 7.99. The molecule has 0 aliphatic heterocycles. The van der Waals surface area contributed by atoms with Gasteiger partial charge in [0, 0.05) is 28.0 Å². The van der Waals surface area contributed by atoms with Gasteiger partial charge in [0.1, 0.15) is 5.75 Å². The molecule has 0 bridgehead atoms. The number of carboxylic acids is 1. The van der Waals surface area contributed by atoms with Gasteiger partial charge in [0.2, 0.25) is 0 Å². The number of hydrogen-bond acceptors (Lipinski definition) is 5. The molecular formula is C31H34ClNO4S. The van der Waals surface area contributed by atoms with E-state index in [1.165, 1.54) is 5.56 Å². The number of hydrogen-bond donors (Lipinski definition) is 1. The zero-order valence-electron chi connectivity index (χ0n) is 22.1. The van der Waals surface area contributed by atoms with Gasteiger partial charge in [0.15, 0.2) is 5.58 Å². The number of benzene rings is 3. The third-order valence-corrected chi connectivity index (χ3v) is 8.18. The predicted molar refractivity (Wildman–Crippen MR) is 155 cm³/mol. The first-order valence-corrected chi connectivity index (χ1v) is 14.4. The fourth-order valence-electron chi connectivity index (χ4n) is 4.62. The largest absolute Gasteiger partial charge is 0.493 e. The van der Waals surface area contributed by atoms with E-state index in [0.717, 1.165) is 64.3 Å². The van der Waals surface area contributed by atoms with Crippen molar-refractivity contribution in [1.82, 2.24) is 5.16 Å². The van der Waals surface area contributed by atoms with Gasteiger partial charge in [-0.15, -0.1) is 11.8 Å². The molecule has 0 amide bonds. The average molecular weight is 552 g/mol. The predicted octanol–water partition coefficient (Wildman–Crippen LogP) is 8.14. The fourth-order valence-corrected chi connectivity index (χ4v) is 5.83.